The average molecular weight is 634 g/mol. The lowest BCUT2D eigenvalue weighted by Crippen LogP contribution is -2.16. The van der Waals surface area contributed by atoms with Gasteiger partial charge in [-0.15, -0.1) is 0 Å². The third-order valence-electron chi connectivity index (χ3n) is 4.96. The Morgan fingerprint density at radius 2 is 0.651 bits per heavy atom. The van der Waals surface area contributed by atoms with Crippen molar-refractivity contribution in [3.05, 3.63) is 58.7 Å². The highest BCUT2D eigenvalue weighted by atomic mass is 19.2. The average Bonchev–Trinajstić information content (AvgIpc) is 2.97. The van der Waals surface area contributed by atoms with E-state index in [1.54, 1.807) is 0 Å². The molecule has 17 heteroatoms. The van der Waals surface area contributed by atoms with E-state index in [2.05, 4.69) is 9.47 Å². The topological polar surface area (TPSA) is 98.8 Å². The van der Waals surface area contributed by atoms with E-state index in [1.165, 1.54) is 0 Å². The number of halogens is 8. The summed E-state index contributed by atoms with van der Waals surface area (Å²) in [6, 6.07) is -0.0287. The maximum Gasteiger partial charge on any atom is 0.313 e. The minimum atomic E-state index is -1.83. The fourth-order valence-corrected chi connectivity index (χ4v) is 2.90. The number of benzene rings is 2. The number of hydrogen-bond acceptors (Lipinski definition) is 9. The second kappa shape index (κ2) is 19.0. The molecular weight excluding hydrogens is 608 g/mol. The van der Waals surface area contributed by atoms with Gasteiger partial charge in [0, 0.05) is 12.1 Å². The van der Waals surface area contributed by atoms with Crippen LogP contribution >= 0.6 is 0 Å². The van der Waals surface area contributed by atoms with E-state index in [9.17, 15) is 44.7 Å². The van der Waals surface area contributed by atoms with Crippen LogP contribution in [0.3, 0.4) is 0 Å². The van der Waals surface area contributed by atoms with Crippen LogP contribution in [0, 0.1) is 46.5 Å². The summed E-state index contributed by atoms with van der Waals surface area (Å²) in [6.45, 7) is 0.780. The van der Waals surface area contributed by atoms with Crippen LogP contribution in [0.5, 0.6) is 11.5 Å². The molecule has 2 aromatic rings. The van der Waals surface area contributed by atoms with Crippen molar-refractivity contribution in [3.63, 3.8) is 0 Å². The van der Waals surface area contributed by atoms with Crippen molar-refractivity contribution in [2.24, 2.45) is 0 Å². The van der Waals surface area contributed by atoms with Crippen LogP contribution in [-0.4, -0.2) is 78.0 Å². The Morgan fingerprint density at radius 1 is 0.419 bits per heavy atom. The van der Waals surface area contributed by atoms with E-state index < -0.39 is 82.8 Å². The molecule has 2 aromatic carbocycles. The molecule has 0 saturated heterocycles. The first-order chi connectivity index (χ1) is 20.5. The normalized spacial score (nSPS) is 11.2. The number of carbonyl (C=O) groups is 2. The van der Waals surface area contributed by atoms with E-state index in [4.69, 9.17) is 23.7 Å². The molecule has 0 fully saturated rings. The van der Waals surface area contributed by atoms with Crippen molar-refractivity contribution in [1.29, 1.82) is 0 Å². The Bertz CT molecular complexity index is 1070. The van der Waals surface area contributed by atoms with Gasteiger partial charge < -0.3 is 33.2 Å². The molecule has 2 rings (SSSR count). The van der Waals surface area contributed by atoms with Crippen LogP contribution in [0.4, 0.5) is 35.1 Å². The highest BCUT2D eigenvalue weighted by Gasteiger charge is 2.24. The van der Waals surface area contributed by atoms with Crippen LogP contribution in [0.1, 0.15) is 12.8 Å². The molecule has 0 aliphatic carbocycles. The Hall–Kier alpha value is -3.38. The summed E-state index contributed by atoms with van der Waals surface area (Å²) in [5.74, 6) is -19.4. The Morgan fingerprint density at radius 3 is 0.907 bits per heavy atom. The summed E-state index contributed by atoms with van der Waals surface area (Å²) in [7, 11) is 0. The molecule has 0 heterocycles. The van der Waals surface area contributed by atoms with Crippen LogP contribution in [-0.2, 0) is 33.3 Å². The maximum absolute atomic E-state index is 13.5. The monoisotopic (exact) mass is 634 g/mol. The lowest BCUT2D eigenvalue weighted by Gasteiger charge is -2.09. The van der Waals surface area contributed by atoms with Gasteiger partial charge in [0.15, 0.2) is 23.3 Å². The Balaban J connectivity index is 1.38. The molecule has 0 amide bonds. The lowest BCUT2D eigenvalue weighted by atomic mass is 10.3. The molecular formula is C26H26F8O9. The molecule has 0 bridgehead atoms. The quantitative estimate of drug-likeness (QED) is 0.0699. The van der Waals surface area contributed by atoms with Gasteiger partial charge in [-0.3, -0.25) is 9.59 Å². The van der Waals surface area contributed by atoms with Crippen molar-refractivity contribution in [2.75, 3.05) is 66.1 Å². The fourth-order valence-electron chi connectivity index (χ4n) is 2.90. The first-order valence-corrected chi connectivity index (χ1v) is 12.5. The highest BCUT2D eigenvalue weighted by Crippen LogP contribution is 2.27. The highest BCUT2D eigenvalue weighted by molar-refractivity contribution is 5.73. The lowest BCUT2D eigenvalue weighted by molar-refractivity contribution is -0.137. The zero-order chi connectivity index (χ0) is 31.8. The number of rotatable bonds is 20. The van der Waals surface area contributed by atoms with Gasteiger partial charge >= 0.3 is 11.9 Å². The van der Waals surface area contributed by atoms with Gasteiger partial charge in [-0.2, -0.15) is 17.6 Å². The summed E-state index contributed by atoms with van der Waals surface area (Å²) < 4.78 is 141. The van der Waals surface area contributed by atoms with Crippen molar-refractivity contribution in [3.8, 4) is 11.5 Å². The molecule has 0 N–H and O–H groups in total. The number of hydrogen-bond donors (Lipinski definition) is 0. The summed E-state index contributed by atoms with van der Waals surface area (Å²) in [5, 5.41) is 0. The molecule has 0 saturated carbocycles. The van der Waals surface area contributed by atoms with Gasteiger partial charge in [0.05, 0.1) is 78.9 Å². The van der Waals surface area contributed by atoms with E-state index >= 15 is 0 Å². The number of carbonyl (C=O) groups excluding carboxylic acids is 2. The molecule has 43 heavy (non-hydrogen) atoms. The molecule has 0 unspecified atom stereocenters. The van der Waals surface area contributed by atoms with Gasteiger partial charge in [-0.1, -0.05) is 0 Å². The maximum atomic E-state index is 13.5. The summed E-state index contributed by atoms with van der Waals surface area (Å²) in [5.41, 5.74) is 0. The van der Waals surface area contributed by atoms with Crippen LogP contribution in [0.25, 0.3) is 0 Å². The van der Waals surface area contributed by atoms with Crippen molar-refractivity contribution < 1.29 is 77.9 Å². The Labute approximate surface area is 239 Å². The van der Waals surface area contributed by atoms with Gasteiger partial charge in [-0.25, -0.2) is 17.6 Å². The van der Waals surface area contributed by atoms with Crippen LogP contribution < -0.4 is 9.47 Å². The second-order valence-electron chi connectivity index (χ2n) is 8.10. The molecule has 0 spiro atoms. The predicted octanol–water partition coefficient (Wildman–Crippen LogP) is 4.17. The molecule has 0 aliphatic rings. The SMILES string of the molecule is O=C(CCOCCOCCOCCOCCOCCC(=O)Oc1c(F)c(F)cc(F)c1F)Oc1c(F)c(F)cc(F)c1F. The molecule has 240 valence electrons. The van der Waals surface area contributed by atoms with E-state index in [0.29, 0.717) is 0 Å². The molecule has 0 aliphatic heterocycles. The Kier molecular flexibility index (Phi) is 15.8. The van der Waals surface area contributed by atoms with Crippen molar-refractivity contribution in [1.82, 2.24) is 0 Å². The van der Waals surface area contributed by atoms with Crippen LogP contribution in [0.2, 0.25) is 0 Å². The summed E-state index contributed by atoms with van der Waals surface area (Å²) >= 11 is 0. The third-order valence-corrected chi connectivity index (χ3v) is 4.96. The minimum Gasteiger partial charge on any atom is -0.420 e. The summed E-state index contributed by atoms with van der Waals surface area (Å²) in [4.78, 5) is 23.2. The zero-order valence-electron chi connectivity index (χ0n) is 22.3. The van der Waals surface area contributed by atoms with Gasteiger partial charge in [0.1, 0.15) is 0 Å². The van der Waals surface area contributed by atoms with E-state index in [0.717, 1.165) is 0 Å². The molecule has 0 aromatic heterocycles. The zero-order valence-corrected chi connectivity index (χ0v) is 22.3. The molecule has 9 nitrogen and oxygen atoms in total. The first-order valence-electron chi connectivity index (χ1n) is 12.5. The van der Waals surface area contributed by atoms with Crippen molar-refractivity contribution >= 4 is 11.9 Å². The van der Waals surface area contributed by atoms with E-state index in [1.807, 2.05) is 0 Å². The smallest absolute Gasteiger partial charge is 0.313 e. The summed E-state index contributed by atoms with van der Waals surface area (Å²) in [6.07, 6.45) is -0.891. The molecule has 0 radical (unpaired) electrons. The largest absolute Gasteiger partial charge is 0.420 e. The fraction of sp³-hybridized carbons (Fsp3) is 0.462. The third kappa shape index (κ3) is 12.4. The second-order valence-corrected chi connectivity index (χ2v) is 8.10. The molecule has 0 atom stereocenters. The van der Waals surface area contributed by atoms with Gasteiger partial charge in [0.25, 0.3) is 0 Å². The first kappa shape index (κ1) is 35.8. The number of ether oxygens (including phenoxy) is 7. The van der Waals surface area contributed by atoms with Gasteiger partial charge in [-0.05, 0) is 0 Å². The standard InChI is InChI=1S/C26H26F8O9/c27-15-13-16(28)22(32)25(21(15)31)42-19(35)1-3-37-5-7-39-9-11-41-12-10-40-8-6-38-4-2-20(36)43-26-23(33)17(29)14-18(30)24(26)34/h13-14H,1-12H2. The number of esters is 2. The van der Waals surface area contributed by atoms with E-state index in [-0.39, 0.29) is 78.2 Å². The minimum absolute atomic E-state index is 0.0144. The van der Waals surface area contributed by atoms with Crippen LogP contribution in [0.15, 0.2) is 12.1 Å². The van der Waals surface area contributed by atoms with Crippen molar-refractivity contribution in [2.45, 2.75) is 12.8 Å². The predicted molar refractivity (Wildman–Crippen MR) is 127 cm³/mol. The van der Waals surface area contributed by atoms with Gasteiger partial charge in [0.2, 0.25) is 34.8 Å².